The standard InChI is InChI=1S/C21H17FN2O4S/c1-14-5-4-7-15(11-14)20-23-21(28-24-20)19-10-9-17(27-19)13-29(25,26)12-16-6-2-3-8-18(16)22/h2-11H,12-13H2,1H3. The van der Waals surface area contributed by atoms with Gasteiger partial charge in [0.1, 0.15) is 17.3 Å². The third-order valence-electron chi connectivity index (χ3n) is 4.27. The van der Waals surface area contributed by atoms with Crippen molar-refractivity contribution in [3.05, 3.63) is 83.4 Å². The van der Waals surface area contributed by atoms with Crippen LogP contribution in [0.25, 0.3) is 23.0 Å². The van der Waals surface area contributed by atoms with Gasteiger partial charge in [-0.1, -0.05) is 47.1 Å². The van der Waals surface area contributed by atoms with Crippen molar-refractivity contribution in [3.63, 3.8) is 0 Å². The van der Waals surface area contributed by atoms with Crippen molar-refractivity contribution in [2.24, 2.45) is 0 Å². The van der Waals surface area contributed by atoms with Crippen molar-refractivity contribution in [1.82, 2.24) is 10.1 Å². The minimum atomic E-state index is -3.62. The van der Waals surface area contributed by atoms with E-state index in [2.05, 4.69) is 10.1 Å². The molecule has 0 aliphatic rings. The van der Waals surface area contributed by atoms with Crippen LogP contribution >= 0.6 is 0 Å². The van der Waals surface area contributed by atoms with E-state index >= 15 is 0 Å². The van der Waals surface area contributed by atoms with E-state index < -0.39 is 21.4 Å². The van der Waals surface area contributed by atoms with Crippen LogP contribution in [0.1, 0.15) is 16.9 Å². The number of aryl methyl sites for hydroxylation is 1. The van der Waals surface area contributed by atoms with Crippen molar-refractivity contribution in [2.45, 2.75) is 18.4 Å². The molecule has 2 aromatic heterocycles. The van der Waals surface area contributed by atoms with E-state index in [1.165, 1.54) is 24.3 Å². The molecule has 0 saturated carbocycles. The Bertz CT molecular complexity index is 1260. The van der Waals surface area contributed by atoms with Crippen LogP contribution < -0.4 is 0 Å². The molecule has 0 spiro atoms. The Morgan fingerprint density at radius 2 is 1.83 bits per heavy atom. The fourth-order valence-corrected chi connectivity index (χ4v) is 4.31. The summed E-state index contributed by atoms with van der Waals surface area (Å²) >= 11 is 0. The Labute approximate surface area is 166 Å². The average Bonchev–Trinajstić information content (AvgIpc) is 3.32. The molecule has 0 aliphatic carbocycles. The van der Waals surface area contributed by atoms with Gasteiger partial charge in [0.2, 0.25) is 5.82 Å². The second kappa shape index (κ2) is 7.63. The number of rotatable bonds is 6. The van der Waals surface area contributed by atoms with E-state index in [9.17, 15) is 12.8 Å². The van der Waals surface area contributed by atoms with Gasteiger partial charge in [0, 0.05) is 11.1 Å². The Balaban J connectivity index is 1.51. The molecule has 0 fully saturated rings. The highest BCUT2D eigenvalue weighted by molar-refractivity contribution is 7.89. The van der Waals surface area contributed by atoms with Crippen LogP contribution in [0.4, 0.5) is 4.39 Å². The normalized spacial score (nSPS) is 11.7. The average molecular weight is 412 g/mol. The van der Waals surface area contributed by atoms with E-state index in [0.717, 1.165) is 11.1 Å². The monoisotopic (exact) mass is 412 g/mol. The fraction of sp³-hybridized carbons (Fsp3) is 0.143. The Hall–Kier alpha value is -3.26. The first-order valence-corrected chi connectivity index (χ1v) is 10.7. The number of hydrogen-bond acceptors (Lipinski definition) is 6. The summed E-state index contributed by atoms with van der Waals surface area (Å²) in [5.41, 5.74) is 1.99. The number of furan rings is 1. The molecule has 6 nitrogen and oxygen atoms in total. The third kappa shape index (κ3) is 4.43. The molecule has 0 atom stereocenters. The quantitative estimate of drug-likeness (QED) is 0.461. The maximum atomic E-state index is 13.7. The van der Waals surface area contributed by atoms with Crippen molar-refractivity contribution < 1.29 is 21.7 Å². The molecular formula is C21H17FN2O4S. The number of halogens is 1. The molecule has 8 heteroatoms. The summed E-state index contributed by atoms with van der Waals surface area (Å²) in [6.45, 7) is 1.96. The summed E-state index contributed by atoms with van der Waals surface area (Å²) < 4.78 is 49.4. The largest absolute Gasteiger partial charge is 0.455 e. The molecule has 148 valence electrons. The highest BCUT2D eigenvalue weighted by atomic mass is 32.2. The molecule has 0 N–H and O–H groups in total. The van der Waals surface area contributed by atoms with Crippen molar-refractivity contribution in [1.29, 1.82) is 0 Å². The van der Waals surface area contributed by atoms with Crippen molar-refractivity contribution in [3.8, 4) is 23.0 Å². The molecule has 29 heavy (non-hydrogen) atoms. The van der Waals surface area contributed by atoms with Crippen molar-refractivity contribution >= 4 is 9.84 Å². The molecule has 0 amide bonds. The maximum absolute atomic E-state index is 13.7. The summed E-state index contributed by atoms with van der Waals surface area (Å²) in [4.78, 5) is 4.31. The summed E-state index contributed by atoms with van der Waals surface area (Å²) in [5.74, 6) is -0.272. The van der Waals surface area contributed by atoms with Gasteiger partial charge in [-0.15, -0.1) is 0 Å². The summed E-state index contributed by atoms with van der Waals surface area (Å²) in [5, 5.41) is 3.95. The Morgan fingerprint density at radius 3 is 2.62 bits per heavy atom. The highest BCUT2D eigenvalue weighted by Gasteiger charge is 2.20. The molecule has 2 heterocycles. The third-order valence-corrected chi connectivity index (χ3v) is 5.75. The zero-order chi connectivity index (χ0) is 20.4. The second-order valence-electron chi connectivity index (χ2n) is 6.68. The number of aromatic nitrogens is 2. The maximum Gasteiger partial charge on any atom is 0.293 e. The summed E-state index contributed by atoms with van der Waals surface area (Å²) in [6, 6.07) is 16.5. The first-order valence-electron chi connectivity index (χ1n) is 8.83. The van der Waals surface area contributed by atoms with Crippen LogP contribution in [0.5, 0.6) is 0 Å². The first kappa shape index (κ1) is 19.1. The van der Waals surface area contributed by atoms with E-state index in [1.807, 2.05) is 31.2 Å². The zero-order valence-corrected chi connectivity index (χ0v) is 16.3. The van der Waals surface area contributed by atoms with Crippen LogP contribution in [0.3, 0.4) is 0 Å². The van der Waals surface area contributed by atoms with Gasteiger partial charge < -0.3 is 8.94 Å². The number of benzene rings is 2. The van der Waals surface area contributed by atoms with Gasteiger partial charge in [0.15, 0.2) is 15.6 Å². The van der Waals surface area contributed by atoms with Crippen LogP contribution in [0, 0.1) is 12.7 Å². The lowest BCUT2D eigenvalue weighted by Crippen LogP contribution is -2.08. The SMILES string of the molecule is Cc1cccc(-c2noc(-c3ccc(CS(=O)(=O)Cc4ccccc4F)o3)n2)c1. The fourth-order valence-electron chi connectivity index (χ4n) is 2.92. The first-order chi connectivity index (χ1) is 13.9. The van der Waals surface area contributed by atoms with Crippen LogP contribution in [0.2, 0.25) is 0 Å². The zero-order valence-electron chi connectivity index (χ0n) is 15.5. The minimum Gasteiger partial charge on any atom is -0.455 e. The molecule has 0 bridgehead atoms. The van der Waals surface area contributed by atoms with Crippen molar-refractivity contribution in [2.75, 3.05) is 0 Å². The lowest BCUT2D eigenvalue weighted by atomic mass is 10.1. The van der Waals surface area contributed by atoms with E-state index in [-0.39, 0.29) is 28.7 Å². The predicted octanol–water partition coefficient (Wildman–Crippen LogP) is 4.56. The predicted molar refractivity (Wildman–Crippen MR) is 105 cm³/mol. The molecule has 0 aliphatic heterocycles. The molecule has 4 rings (SSSR count). The topological polar surface area (TPSA) is 86.2 Å². The molecule has 2 aromatic carbocycles. The number of nitrogens with zero attached hydrogens (tertiary/aromatic N) is 2. The van der Waals surface area contributed by atoms with Gasteiger partial charge in [-0.2, -0.15) is 4.98 Å². The van der Waals surface area contributed by atoms with Gasteiger partial charge in [-0.25, -0.2) is 12.8 Å². The Morgan fingerprint density at radius 1 is 1.00 bits per heavy atom. The van der Waals surface area contributed by atoms with Gasteiger partial charge >= 0.3 is 0 Å². The van der Waals surface area contributed by atoms with Gasteiger partial charge in [0.05, 0.1) is 5.75 Å². The van der Waals surface area contributed by atoms with Crippen LogP contribution in [0.15, 0.2) is 69.6 Å². The lowest BCUT2D eigenvalue weighted by Gasteiger charge is -2.04. The van der Waals surface area contributed by atoms with E-state index in [1.54, 1.807) is 12.1 Å². The number of sulfone groups is 1. The summed E-state index contributed by atoms with van der Waals surface area (Å²) in [6.07, 6.45) is 0. The second-order valence-corrected chi connectivity index (χ2v) is 8.75. The number of hydrogen-bond donors (Lipinski definition) is 0. The van der Waals surface area contributed by atoms with Crippen LogP contribution in [-0.4, -0.2) is 18.6 Å². The molecule has 4 aromatic rings. The lowest BCUT2D eigenvalue weighted by molar-refractivity contribution is 0.413. The highest BCUT2D eigenvalue weighted by Crippen LogP contribution is 2.25. The Kier molecular flexibility index (Phi) is 5.02. The van der Waals surface area contributed by atoms with Gasteiger partial charge in [-0.3, -0.25) is 0 Å². The van der Waals surface area contributed by atoms with E-state index in [0.29, 0.717) is 5.82 Å². The molecular weight excluding hydrogens is 395 g/mol. The van der Waals surface area contributed by atoms with Gasteiger partial charge in [-0.05, 0) is 31.2 Å². The summed E-state index contributed by atoms with van der Waals surface area (Å²) in [7, 11) is -3.62. The minimum absolute atomic E-state index is 0.124. The molecule has 0 unspecified atom stereocenters. The smallest absolute Gasteiger partial charge is 0.293 e. The molecule has 0 saturated heterocycles. The molecule has 0 radical (unpaired) electrons. The van der Waals surface area contributed by atoms with Crippen LogP contribution in [-0.2, 0) is 21.3 Å². The van der Waals surface area contributed by atoms with Gasteiger partial charge in [0.25, 0.3) is 5.89 Å². The van der Waals surface area contributed by atoms with E-state index in [4.69, 9.17) is 8.94 Å².